The van der Waals surface area contributed by atoms with Gasteiger partial charge in [-0.05, 0) is 12.1 Å². The number of nitrogens with one attached hydrogen (secondary N) is 1. The lowest BCUT2D eigenvalue weighted by atomic mass is 10.3. The van der Waals surface area contributed by atoms with Crippen LogP contribution in [0.5, 0.6) is 0 Å². The summed E-state index contributed by atoms with van der Waals surface area (Å²) in [6, 6.07) is 2.76. The van der Waals surface area contributed by atoms with Crippen LogP contribution in [0.3, 0.4) is 0 Å². The summed E-state index contributed by atoms with van der Waals surface area (Å²) in [4.78, 5) is 11.6. The first-order chi connectivity index (χ1) is 6.18. The molecule has 1 aliphatic heterocycles. The molecule has 68 valence electrons. The smallest absolute Gasteiger partial charge is 0.234 e. The van der Waals surface area contributed by atoms with E-state index in [2.05, 4.69) is 5.32 Å². The van der Waals surface area contributed by atoms with Crippen molar-refractivity contribution in [2.75, 3.05) is 11.1 Å². The lowest BCUT2D eigenvalue weighted by Gasteiger charge is -2.17. The van der Waals surface area contributed by atoms with Gasteiger partial charge in [0.15, 0.2) is 0 Å². The Hall–Kier alpha value is -0.740. The molecule has 0 spiro atoms. The zero-order valence-corrected chi connectivity index (χ0v) is 8.01. The second kappa shape index (κ2) is 3.20. The van der Waals surface area contributed by atoms with Crippen LogP contribution in [0.4, 0.5) is 10.1 Å². The van der Waals surface area contributed by atoms with Gasteiger partial charge in [0.25, 0.3) is 0 Å². The molecular weight excluding hydrogens is 213 g/mol. The summed E-state index contributed by atoms with van der Waals surface area (Å²) in [6.45, 7) is 0. The molecule has 0 saturated heterocycles. The van der Waals surface area contributed by atoms with Gasteiger partial charge < -0.3 is 5.32 Å². The number of carbonyl (C=O) groups is 1. The Kier molecular flexibility index (Phi) is 2.17. The minimum atomic E-state index is -0.455. The van der Waals surface area contributed by atoms with Crippen LogP contribution in [-0.4, -0.2) is 11.7 Å². The summed E-state index contributed by atoms with van der Waals surface area (Å²) in [5.74, 6) is -0.250. The van der Waals surface area contributed by atoms with Crippen molar-refractivity contribution >= 4 is 35.0 Å². The van der Waals surface area contributed by atoms with E-state index >= 15 is 0 Å². The van der Waals surface area contributed by atoms with Crippen LogP contribution in [0.1, 0.15) is 0 Å². The second-order valence-corrected chi connectivity index (χ2v) is 3.94. The molecule has 5 heteroatoms. The van der Waals surface area contributed by atoms with Gasteiger partial charge in [0.2, 0.25) is 5.91 Å². The van der Waals surface area contributed by atoms with Crippen molar-refractivity contribution in [3.05, 3.63) is 23.0 Å². The quantitative estimate of drug-likeness (QED) is 0.724. The summed E-state index contributed by atoms with van der Waals surface area (Å²) in [7, 11) is 0. The number of thioether (sulfide) groups is 1. The van der Waals surface area contributed by atoms with E-state index in [4.69, 9.17) is 11.6 Å². The Morgan fingerprint density at radius 3 is 3.08 bits per heavy atom. The van der Waals surface area contributed by atoms with E-state index in [9.17, 15) is 9.18 Å². The average molecular weight is 218 g/mol. The van der Waals surface area contributed by atoms with Gasteiger partial charge in [-0.25, -0.2) is 4.39 Å². The minimum absolute atomic E-state index is 0.0832. The Morgan fingerprint density at radius 2 is 2.31 bits per heavy atom. The summed E-state index contributed by atoms with van der Waals surface area (Å²) in [5, 5.41) is 2.70. The van der Waals surface area contributed by atoms with Crippen LogP contribution in [0.25, 0.3) is 0 Å². The van der Waals surface area contributed by atoms with Crippen LogP contribution in [-0.2, 0) is 4.79 Å². The van der Waals surface area contributed by atoms with Crippen LogP contribution in [0, 0.1) is 5.82 Å². The number of hydrogen-bond acceptors (Lipinski definition) is 2. The van der Waals surface area contributed by atoms with E-state index < -0.39 is 5.82 Å². The molecule has 0 aromatic heterocycles. The van der Waals surface area contributed by atoms with Crippen molar-refractivity contribution in [3.63, 3.8) is 0 Å². The highest BCUT2D eigenvalue weighted by Crippen LogP contribution is 2.38. The van der Waals surface area contributed by atoms with Gasteiger partial charge in [-0.1, -0.05) is 11.6 Å². The lowest BCUT2D eigenvalue weighted by Crippen LogP contribution is -2.18. The largest absolute Gasteiger partial charge is 0.324 e. The van der Waals surface area contributed by atoms with Crippen molar-refractivity contribution in [1.82, 2.24) is 0 Å². The monoisotopic (exact) mass is 217 g/mol. The van der Waals surface area contributed by atoms with Crippen LogP contribution >= 0.6 is 23.4 Å². The van der Waals surface area contributed by atoms with Gasteiger partial charge in [-0.3, -0.25) is 4.79 Å². The molecule has 13 heavy (non-hydrogen) atoms. The second-order valence-electron chi connectivity index (χ2n) is 2.57. The minimum Gasteiger partial charge on any atom is -0.324 e. The van der Waals surface area contributed by atoms with Gasteiger partial charge in [-0.15, -0.1) is 11.8 Å². The number of rotatable bonds is 0. The Labute approximate surface area is 83.5 Å². The van der Waals surface area contributed by atoms with E-state index in [1.807, 2.05) is 0 Å². The molecule has 0 radical (unpaired) electrons. The highest BCUT2D eigenvalue weighted by molar-refractivity contribution is 8.00. The lowest BCUT2D eigenvalue weighted by molar-refractivity contribution is -0.113. The molecule has 2 rings (SSSR count). The molecule has 2 nitrogen and oxygen atoms in total. The molecule has 0 fully saturated rings. The number of anilines is 1. The fourth-order valence-electron chi connectivity index (χ4n) is 1.10. The van der Waals surface area contributed by atoms with E-state index in [0.717, 1.165) is 0 Å². The summed E-state index contributed by atoms with van der Waals surface area (Å²) in [6.07, 6.45) is 0. The summed E-state index contributed by atoms with van der Waals surface area (Å²) < 4.78 is 12.9. The maximum Gasteiger partial charge on any atom is 0.234 e. The first-order valence-electron chi connectivity index (χ1n) is 3.59. The van der Waals surface area contributed by atoms with E-state index in [1.165, 1.54) is 23.9 Å². The van der Waals surface area contributed by atoms with Crippen LogP contribution in [0.15, 0.2) is 17.0 Å². The topological polar surface area (TPSA) is 29.1 Å². The van der Waals surface area contributed by atoms with Crippen molar-refractivity contribution < 1.29 is 9.18 Å². The summed E-state index contributed by atoms with van der Waals surface area (Å²) >= 11 is 6.97. The molecular formula is C8H5ClFNOS. The first-order valence-corrected chi connectivity index (χ1v) is 4.95. The van der Waals surface area contributed by atoms with Gasteiger partial charge >= 0.3 is 0 Å². The van der Waals surface area contributed by atoms with Gasteiger partial charge in [0.1, 0.15) is 5.82 Å². The van der Waals surface area contributed by atoms with Crippen molar-refractivity contribution in [2.45, 2.75) is 4.90 Å². The van der Waals surface area contributed by atoms with Crippen molar-refractivity contribution in [3.8, 4) is 0 Å². The molecule has 1 aromatic carbocycles. The molecule has 0 aliphatic carbocycles. The van der Waals surface area contributed by atoms with E-state index in [1.54, 1.807) is 0 Å². The SMILES string of the molecule is O=C1CSc2c(ccc(F)c2Cl)N1. The predicted octanol–water partition coefficient (Wildman–Crippen LogP) is 2.52. The Balaban J connectivity index is 2.53. The number of halogens is 2. The number of amides is 1. The third kappa shape index (κ3) is 1.51. The Bertz CT molecular complexity index is 383. The van der Waals surface area contributed by atoms with Crippen molar-refractivity contribution in [1.29, 1.82) is 0 Å². The highest BCUT2D eigenvalue weighted by atomic mass is 35.5. The third-order valence-corrected chi connectivity index (χ3v) is 3.27. The zero-order chi connectivity index (χ0) is 9.42. The van der Waals surface area contributed by atoms with Gasteiger partial charge in [-0.2, -0.15) is 0 Å². The van der Waals surface area contributed by atoms with Gasteiger partial charge in [0.05, 0.1) is 21.4 Å². The fraction of sp³-hybridized carbons (Fsp3) is 0.125. The normalized spacial score (nSPS) is 15.1. The molecule has 0 atom stereocenters. The van der Waals surface area contributed by atoms with Gasteiger partial charge in [0, 0.05) is 0 Å². The predicted molar refractivity (Wildman–Crippen MR) is 50.8 cm³/mol. The standard InChI is InChI=1S/C8H5ClFNOS/c9-7-4(10)1-2-5-8(7)13-3-6(12)11-5/h1-2H,3H2,(H,11,12). The first kappa shape index (κ1) is 8.84. The molecule has 0 bridgehead atoms. The fourth-order valence-corrected chi connectivity index (χ4v) is 2.27. The third-order valence-electron chi connectivity index (χ3n) is 1.67. The number of fused-ring (bicyclic) bond motifs is 1. The number of carbonyl (C=O) groups excluding carboxylic acids is 1. The molecule has 1 heterocycles. The molecule has 1 aromatic rings. The molecule has 1 N–H and O–H groups in total. The highest BCUT2D eigenvalue weighted by Gasteiger charge is 2.19. The Morgan fingerprint density at radius 1 is 1.54 bits per heavy atom. The van der Waals surface area contributed by atoms with E-state index in [-0.39, 0.29) is 16.7 Å². The summed E-state index contributed by atoms with van der Waals surface area (Å²) in [5.41, 5.74) is 0.590. The van der Waals surface area contributed by atoms with Crippen LogP contribution < -0.4 is 5.32 Å². The van der Waals surface area contributed by atoms with E-state index in [0.29, 0.717) is 10.6 Å². The molecule has 1 aliphatic rings. The van der Waals surface area contributed by atoms with Crippen molar-refractivity contribution in [2.24, 2.45) is 0 Å². The molecule has 1 amide bonds. The number of benzene rings is 1. The zero-order valence-electron chi connectivity index (χ0n) is 6.43. The maximum atomic E-state index is 12.9. The maximum absolute atomic E-state index is 12.9. The molecule has 0 saturated carbocycles. The average Bonchev–Trinajstić information content (AvgIpc) is 2.12. The number of hydrogen-bond donors (Lipinski definition) is 1. The molecule has 0 unspecified atom stereocenters. The van der Waals surface area contributed by atoms with Crippen LogP contribution in [0.2, 0.25) is 5.02 Å².